The van der Waals surface area contributed by atoms with Crippen molar-refractivity contribution in [1.29, 1.82) is 0 Å². The maximum absolute atomic E-state index is 11.9. The number of hydrogen-bond acceptors (Lipinski definition) is 5. The average Bonchev–Trinajstić information content (AvgIpc) is 2.45. The number of benzene rings is 1. The molecule has 2 amide bonds. The van der Waals surface area contributed by atoms with Gasteiger partial charge in [-0.25, -0.2) is 9.59 Å². The molecule has 0 aliphatic carbocycles. The highest BCUT2D eigenvalue weighted by Gasteiger charge is 2.30. The summed E-state index contributed by atoms with van der Waals surface area (Å²) >= 11 is 0. The lowest BCUT2D eigenvalue weighted by Crippen LogP contribution is -2.51. The zero-order chi connectivity index (χ0) is 16.0. The van der Waals surface area contributed by atoms with Crippen LogP contribution < -0.4 is 20.1 Å². The number of esters is 1. The van der Waals surface area contributed by atoms with E-state index in [0.717, 1.165) is 0 Å². The lowest BCUT2D eigenvalue weighted by molar-refractivity contribution is -0.146. The summed E-state index contributed by atoms with van der Waals surface area (Å²) < 4.78 is 14.9. The van der Waals surface area contributed by atoms with Crippen LogP contribution in [0.25, 0.3) is 0 Å². The number of urea groups is 1. The van der Waals surface area contributed by atoms with Crippen molar-refractivity contribution in [3.05, 3.63) is 18.2 Å². The molecule has 0 radical (unpaired) electrons. The van der Waals surface area contributed by atoms with Crippen LogP contribution in [0.3, 0.4) is 0 Å². The smallest absolute Gasteiger partial charge is 0.331 e. The van der Waals surface area contributed by atoms with Crippen molar-refractivity contribution in [1.82, 2.24) is 5.32 Å². The van der Waals surface area contributed by atoms with E-state index in [4.69, 9.17) is 9.47 Å². The summed E-state index contributed by atoms with van der Waals surface area (Å²) in [6.07, 6.45) is 0. The number of hydrogen-bond donors (Lipinski definition) is 2. The van der Waals surface area contributed by atoms with Gasteiger partial charge >= 0.3 is 12.0 Å². The molecule has 0 aromatic heterocycles. The van der Waals surface area contributed by atoms with E-state index in [1.54, 1.807) is 32.0 Å². The summed E-state index contributed by atoms with van der Waals surface area (Å²) in [7, 11) is 4.29. The molecular formula is C14H20N2O5. The Labute approximate surface area is 123 Å². The van der Waals surface area contributed by atoms with Crippen molar-refractivity contribution in [2.45, 2.75) is 19.4 Å². The van der Waals surface area contributed by atoms with E-state index in [9.17, 15) is 9.59 Å². The first-order valence-corrected chi connectivity index (χ1v) is 6.23. The number of nitrogens with one attached hydrogen (secondary N) is 2. The van der Waals surface area contributed by atoms with Crippen LogP contribution in [0.15, 0.2) is 18.2 Å². The fourth-order valence-corrected chi connectivity index (χ4v) is 1.67. The van der Waals surface area contributed by atoms with Gasteiger partial charge in [-0.1, -0.05) is 0 Å². The topological polar surface area (TPSA) is 85.9 Å². The number of ether oxygens (including phenoxy) is 3. The van der Waals surface area contributed by atoms with Crippen molar-refractivity contribution >= 4 is 17.7 Å². The first kappa shape index (κ1) is 16.6. The van der Waals surface area contributed by atoms with Crippen LogP contribution in [0.4, 0.5) is 10.5 Å². The van der Waals surface area contributed by atoms with E-state index in [0.29, 0.717) is 17.2 Å². The molecular weight excluding hydrogens is 276 g/mol. The lowest BCUT2D eigenvalue weighted by atomic mass is 10.1. The van der Waals surface area contributed by atoms with Crippen LogP contribution in [0.5, 0.6) is 11.5 Å². The molecule has 1 aromatic carbocycles. The Morgan fingerprint density at radius 1 is 1.05 bits per heavy atom. The van der Waals surface area contributed by atoms with Gasteiger partial charge in [-0.15, -0.1) is 0 Å². The van der Waals surface area contributed by atoms with Gasteiger partial charge in [0.05, 0.1) is 21.3 Å². The van der Waals surface area contributed by atoms with Crippen molar-refractivity contribution in [2.24, 2.45) is 0 Å². The van der Waals surface area contributed by atoms with Crippen molar-refractivity contribution in [3.63, 3.8) is 0 Å². The summed E-state index contributed by atoms with van der Waals surface area (Å²) in [5.74, 6) is 0.505. The molecule has 7 nitrogen and oxygen atoms in total. The number of amides is 2. The van der Waals surface area contributed by atoms with Crippen LogP contribution in [-0.2, 0) is 9.53 Å². The van der Waals surface area contributed by atoms with E-state index in [2.05, 4.69) is 15.4 Å². The maximum Gasteiger partial charge on any atom is 0.331 e. The maximum atomic E-state index is 11.9. The molecule has 116 valence electrons. The minimum Gasteiger partial charge on any atom is -0.493 e. The lowest BCUT2D eigenvalue weighted by Gasteiger charge is -2.23. The van der Waals surface area contributed by atoms with Gasteiger partial charge in [0.1, 0.15) is 5.54 Å². The molecule has 0 atom stereocenters. The fourth-order valence-electron chi connectivity index (χ4n) is 1.67. The quantitative estimate of drug-likeness (QED) is 0.809. The standard InChI is InChI=1S/C14H20N2O5/c1-14(2,12(17)21-5)16-13(18)15-9-6-7-10(19-3)11(8-9)20-4/h6-8H,1-5H3,(H2,15,16,18). The summed E-state index contributed by atoms with van der Waals surface area (Å²) in [6.45, 7) is 3.10. The monoisotopic (exact) mass is 296 g/mol. The molecule has 0 unspecified atom stereocenters. The summed E-state index contributed by atoms with van der Waals surface area (Å²) in [6, 6.07) is 4.41. The van der Waals surface area contributed by atoms with Crippen molar-refractivity contribution < 1.29 is 23.8 Å². The molecule has 21 heavy (non-hydrogen) atoms. The zero-order valence-electron chi connectivity index (χ0n) is 12.8. The number of carbonyl (C=O) groups excluding carboxylic acids is 2. The SMILES string of the molecule is COC(=O)C(C)(C)NC(=O)Nc1ccc(OC)c(OC)c1. The van der Waals surface area contributed by atoms with Crippen LogP contribution in [-0.4, -0.2) is 38.9 Å². The molecule has 1 rings (SSSR count). The molecule has 0 aliphatic rings. The third-order valence-corrected chi connectivity index (χ3v) is 2.76. The van der Waals surface area contributed by atoms with E-state index in [1.807, 2.05) is 0 Å². The molecule has 2 N–H and O–H groups in total. The summed E-state index contributed by atoms with van der Waals surface area (Å²) in [4.78, 5) is 23.4. The van der Waals surface area contributed by atoms with Gasteiger partial charge in [-0.05, 0) is 26.0 Å². The van der Waals surface area contributed by atoms with E-state index in [-0.39, 0.29) is 0 Å². The van der Waals surface area contributed by atoms with E-state index in [1.165, 1.54) is 21.3 Å². The van der Waals surface area contributed by atoms with Gasteiger partial charge in [-0.3, -0.25) is 0 Å². The minimum absolute atomic E-state index is 0.488. The second-order valence-electron chi connectivity index (χ2n) is 4.77. The first-order chi connectivity index (χ1) is 9.83. The molecule has 0 saturated carbocycles. The summed E-state index contributed by atoms with van der Waals surface area (Å²) in [5, 5.41) is 5.13. The Kier molecular flexibility index (Phi) is 5.40. The summed E-state index contributed by atoms with van der Waals surface area (Å²) in [5.41, 5.74) is -0.624. The highest BCUT2D eigenvalue weighted by atomic mass is 16.5. The molecule has 0 heterocycles. The highest BCUT2D eigenvalue weighted by Crippen LogP contribution is 2.29. The van der Waals surface area contributed by atoms with Crippen molar-refractivity contribution in [3.8, 4) is 11.5 Å². The van der Waals surface area contributed by atoms with E-state index < -0.39 is 17.5 Å². The Morgan fingerprint density at radius 3 is 2.19 bits per heavy atom. The predicted molar refractivity (Wildman–Crippen MR) is 77.8 cm³/mol. The predicted octanol–water partition coefficient (Wildman–Crippen LogP) is 1.78. The zero-order valence-corrected chi connectivity index (χ0v) is 12.8. The third-order valence-electron chi connectivity index (χ3n) is 2.76. The molecule has 0 bridgehead atoms. The van der Waals surface area contributed by atoms with Crippen LogP contribution in [0.2, 0.25) is 0 Å². The highest BCUT2D eigenvalue weighted by molar-refractivity contribution is 5.94. The minimum atomic E-state index is -1.13. The first-order valence-electron chi connectivity index (χ1n) is 6.23. The molecule has 1 aromatic rings. The number of anilines is 1. The normalized spacial score (nSPS) is 10.5. The van der Waals surface area contributed by atoms with Crippen LogP contribution >= 0.6 is 0 Å². The largest absolute Gasteiger partial charge is 0.493 e. The van der Waals surface area contributed by atoms with Gasteiger partial charge in [0.25, 0.3) is 0 Å². The molecule has 0 aliphatic heterocycles. The molecule has 7 heteroatoms. The van der Waals surface area contributed by atoms with Gasteiger partial charge in [0, 0.05) is 11.8 Å². The fraction of sp³-hybridized carbons (Fsp3) is 0.429. The number of methoxy groups -OCH3 is 3. The average molecular weight is 296 g/mol. The van der Waals surface area contributed by atoms with Gasteiger partial charge < -0.3 is 24.8 Å². The Balaban J connectivity index is 2.78. The number of rotatable bonds is 5. The van der Waals surface area contributed by atoms with Crippen molar-refractivity contribution in [2.75, 3.05) is 26.6 Å². The Hall–Kier alpha value is -2.44. The van der Waals surface area contributed by atoms with E-state index >= 15 is 0 Å². The molecule has 0 saturated heterocycles. The molecule has 0 fully saturated rings. The number of carbonyl (C=O) groups is 2. The third kappa shape index (κ3) is 4.27. The Bertz CT molecular complexity index is 528. The second kappa shape index (κ2) is 6.83. The Morgan fingerprint density at radius 2 is 1.67 bits per heavy atom. The van der Waals surface area contributed by atoms with Gasteiger partial charge in [0.15, 0.2) is 11.5 Å². The van der Waals surface area contributed by atoms with Crippen LogP contribution in [0, 0.1) is 0 Å². The van der Waals surface area contributed by atoms with Crippen LogP contribution in [0.1, 0.15) is 13.8 Å². The van der Waals surface area contributed by atoms with Gasteiger partial charge in [0.2, 0.25) is 0 Å². The molecule has 0 spiro atoms. The second-order valence-corrected chi connectivity index (χ2v) is 4.77. The van der Waals surface area contributed by atoms with Gasteiger partial charge in [-0.2, -0.15) is 0 Å².